The highest BCUT2D eigenvalue weighted by molar-refractivity contribution is 7.07. The van der Waals surface area contributed by atoms with Crippen molar-refractivity contribution >= 4 is 11.3 Å². The number of thiophene rings is 1. The van der Waals surface area contributed by atoms with Gasteiger partial charge in [-0.1, -0.05) is 0 Å². The Hall–Kier alpha value is -0.380. The Kier molecular flexibility index (Phi) is 2.98. The van der Waals surface area contributed by atoms with Gasteiger partial charge in [-0.05, 0) is 35.2 Å². The molecular weight excluding hydrogens is 184 g/mol. The molecule has 1 aliphatic heterocycles. The van der Waals surface area contributed by atoms with Crippen molar-refractivity contribution in [3.8, 4) is 0 Å². The lowest BCUT2D eigenvalue weighted by Gasteiger charge is -2.27. The van der Waals surface area contributed by atoms with Crippen molar-refractivity contribution in [1.82, 2.24) is 0 Å². The molecule has 0 aliphatic carbocycles. The summed E-state index contributed by atoms with van der Waals surface area (Å²) in [5, 5.41) is 13.9. The minimum atomic E-state index is -0.173. The summed E-state index contributed by atoms with van der Waals surface area (Å²) in [4.78, 5) is 0. The number of aliphatic hydroxyl groups is 1. The summed E-state index contributed by atoms with van der Waals surface area (Å²) in [5.74, 6) is 0.295. The maximum Gasteiger partial charge on any atom is 0.0615 e. The van der Waals surface area contributed by atoms with Gasteiger partial charge in [0.05, 0.1) is 12.7 Å². The third kappa shape index (κ3) is 2.30. The van der Waals surface area contributed by atoms with Crippen LogP contribution in [0.25, 0.3) is 0 Å². The highest BCUT2D eigenvalue weighted by Gasteiger charge is 2.23. The molecule has 0 amide bonds. The quantitative estimate of drug-likeness (QED) is 0.783. The van der Waals surface area contributed by atoms with Crippen LogP contribution in [0.2, 0.25) is 0 Å². The minimum absolute atomic E-state index is 0.173. The van der Waals surface area contributed by atoms with Gasteiger partial charge in [-0.15, -0.1) is 0 Å². The number of hydrogen-bond donors (Lipinski definition) is 1. The van der Waals surface area contributed by atoms with E-state index in [4.69, 9.17) is 4.74 Å². The molecule has 1 aromatic heterocycles. The van der Waals surface area contributed by atoms with Crippen molar-refractivity contribution in [2.75, 3.05) is 13.2 Å². The minimum Gasteiger partial charge on any atom is -0.393 e. The molecular formula is C10H14O2S. The first-order chi connectivity index (χ1) is 6.36. The molecule has 1 aliphatic rings. The molecule has 0 radical (unpaired) electrons. The molecule has 1 aromatic rings. The van der Waals surface area contributed by atoms with E-state index in [1.807, 2.05) is 0 Å². The van der Waals surface area contributed by atoms with E-state index in [-0.39, 0.29) is 6.10 Å². The Morgan fingerprint density at radius 2 is 2.54 bits per heavy atom. The summed E-state index contributed by atoms with van der Waals surface area (Å²) in [6, 6.07) is 2.12. The summed E-state index contributed by atoms with van der Waals surface area (Å²) in [6.07, 6.45) is 1.56. The van der Waals surface area contributed by atoms with Gasteiger partial charge >= 0.3 is 0 Å². The fourth-order valence-corrected chi connectivity index (χ4v) is 2.37. The van der Waals surface area contributed by atoms with E-state index in [0.29, 0.717) is 19.1 Å². The van der Waals surface area contributed by atoms with E-state index in [9.17, 15) is 5.11 Å². The molecule has 0 bridgehead atoms. The SMILES string of the molecule is OC1CCOCC1Cc1ccsc1. The molecule has 2 atom stereocenters. The Balaban J connectivity index is 1.93. The highest BCUT2D eigenvalue weighted by Crippen LogP contribution is 2.20. The van der Waals surface area contributed by atoms with E-state index in [1.54, 1.807) is 11.3 Å². The molecule has 2 unspecified atom stereocenters. The lowest BCUT2D eigenvalue weighted by atomic mass is 9.93. The van der Waals surface area contributed by atoms with Crippen LogP contribution in [-0.2, 0) is 11.2 Å². The van der Waals surface area contributed by atoms with E-state index in [2.05, 4.69) is 16.8 Å². The Labute approximate surface area is 82.2 Å². The third-order valence-corrected chi connectivity index (χ3v) is 3.24. The zero-order chi connectivity index (χ0) is 9.10. The predicted molar refractivity (Wildman–Crippen MR) is 53.0 cm³/mol. The van der Waals surface area contributed by atoms with Gasteiger partial charge in [-0.25, -0.2) is 0 Å². The summed E-state index contributed by atoms with van der Waals surface area (Å²) in [7, 11) is 0. The first-order valence-electron chi connectivity index (χ1n) is 4.63. The van der Waals surface area contributed by atoms with Gasteiger partial charge in [-0.2, -0.15) is 11.3 Å². The van der Waals surface area contributed by atoms with Crippen LogP contribution in [0.5, 0.6) is 0 Å². The first-order valence-corrected chi connectivity index (χ1v) is 5.57. The van der Waals surface area contributed by atoms with Crippen molar-refractivity contribution in [3.05, 3.63) is 22.4 Å². The van der Waals surface area contributed by atoms with Gasteiger partial charge in [0.25, 0.3) is 0 Å². The fourth-order valence-electron chi connectivity index (χ4n) is 1.69. The van der Waals surface area contributed by atoms with Crippen LogP contribution in [0, 0.1) is 5.92 Å². The number of hydrogen-bond acceptors (Lipinski definition) is 3. The van der Waals surface area contributed by atoms with Gasteiger partial charge in [-0.3, -0.25) is 0 Å². The van der Waals surface area contributed by atoms with Crippen molar-refractivity contribution in [2.45, 2.75) is 18.9 Å². The van der Waals surface area contributed by atoms with Gasteiger partial charge in [0.2, 0.25) is 0 Å². The smallest absolute Gasteiger partial charge is 0.0615 e. The van der Waals surface area contributed by atoms with Gasteiger partial charge < -0.3 is 9.84 Å². The van der Waals surface area contributed by atoms with Gasteiger partial charge in [0.15, 0.2) is 0 Å². The van der Waals surface area contributed by atoms with Crippen molar-refractivity contribution < 1.29 is 9.84 Å². The summed E-state index contributed by atoms with van der Waals surface area (Å²) in [6.45, 7) is 1.41. The molecule has 2 nitrogen and oxygen atoms in total. The molecule has 0 aromatic carbocycles. The lowest BCUT2D eigenvalue weighted by molar-refractivity contribution is -0.0350. The molecule has 0 saturated carbocycles. The normalized spacial score (nSPS) is 29.0. The van der Waals surface area contributed by atoms with Crippen LogP contribution < -0.4 is 0 Å². The second-order valence-corrected chi connectivity index (χ2v) is 4.31. The zero-order valence-corrected chi connectivity index (χ0v) is 8.30. The maximum absolute atomic E-state index is 9.69. The van der Waals surface area contributed by atoms with E-state index >= 15 is 0 Å². The molecule has 72 valence electrons. The van der Waals surface area contributed by atoms with E-state index in [1.165, 1.54) is 5.56 Å². The molecule has 2 rings (SSSR count). The molecule has 1 N–H and O–H groups in total. The summed E-state index contributed by atoms with van der Waals surface area (Å²) in [5.41, 5.74) is 1.32. The predicted octanol–water partition coefficient (Wildman–Crippen LogP) is 1.69. The van der Waals surface area contributed by atoms with Crippen LogP contribution >= 0.6 is 11.3 Å². The van der Waals surface area contributed by atoms with Crippen molar-refractivity contribution in [1.29, 1.82) is 0 Å². The van der Waals surface area contributed by atoms with Crippen LogP contribution in [0.15, 0.2) is 16.8 Å². The second kappa shape index (κ2) is 4.22. The molecule has 0 spiro atoms. The average molecular weight is 198 g/mol. The molecule has 3 heteroatoms. The monoisotopic (exact) mass is 198 g/mol. The first kappa shape index (κ1) is 9.19. The Morgan fingerprint density at radius 1 is 1.62 bits per heavy atom. The van der Waals surface area contributed by atoms with Gasteiger partial charge in [0.1, 0.15) is 0 Å². The fraction of sp³-hybridized carbons (Fsp3) is 0.600. The largest absolute Gasteiger partial charge is 0.393 e. The summed E-state index contributed by atoms with van der Waals surface area (Å²) < 4.78 is 5.34. The average Bonchev–Trinajstić information content (AvgIpc) is 2.61. The summed E-state index contributed by atoms with van der Waals surface area (Å²) >= 11 is 1.71. The number of ether oxygens (including phenoxy) is 1. The van der Waals surface area contributed by atoms with Crippen LogP contribution in [0.1, 0.15) is 12.0 Å². The third-order valence-electron chi connectivity index (χ3n) is 2.51. The van der Waals surface area contributed by atoms with E-state index in [0.717, 1.165) is 12.8 Å². The molecule has 2 heterocycles. The number of aliphatic hydroxyl groups excluding tert-OH is 1. The topological polar surface area (TPSA) is 29.5 Å². The van der Waals surface area contributed by atoms with E-state index < -0.39 is 0 Å². The lowest BCUT2D eigenvalue weighted by Crippen LogP contribution is -2.33. The molecule has 1 saturated heterocycles. The van der Waals surface area contributed by atoms with Gasteiger partial charge in [0, 0.05) is 12.5 Å². The second-order valence-electron chi connectivity index (χ2n) is 3.53. The molecule has 1 fully saturated rings. The molecule has 13 heavy (non-hydrogen) atoms. The zero-order valence-electron chi connectivity index (χ0n) is 7.48. The van der Waals surface area contributed by atoms with Crippen LogP contribution in [-0.4, -0.2) is 24.4 Å². The number of rotatable bonds is 2. The standard InChI is InChI=1S/C10H14O2S/c11-10-1-3-12-6-9(10)5-8-2-4-13-7-8/h2,4,7,9-11H,1,3,5-6H2. The van der Waals surface area contributed by atoms with Crippen molar-refractivity contribution in [3.63, 3.8) is 0 Å². The van der Waals surface area contributed by atoms with Crippen LogP contribution in [0.4, 0.5) is 0 Å². The highest BCUT2D eigenvalue weighted by atomic mass is 32.1. The Morgan fingerprint density at radius 3 is 3.23 bits per heavy atom. The Bertz CT molecular complexity index is 245. The van der Waals surface area contributed by atoms with Crippen molar-refractivity contribution in [2.24, 2.45) is 5.92 Å². The maximum atomic E-state index is 9.69. The van der Waals surface area contributed by atoms with Crippen LogP contribution in [0.3, 0.4) is 0 Å².